The number of para-hydroxylation sites is 1. The van der Waals surface area contributed by atoms with E-state index in [1.807, 2.05) is 17.5 Å². The summed E-state index contributed by atoms with van der Waals surface area (Å²) in [5.74, 6) is -1.27. The highest BCUT2D eigenvalue weighted by Gasteiger charge is 2.24. The van der Waals surface area contributed by atoms with Gasteiger partial charge in [-0.05, 0) is 24.4 Å². The van der Waals surface area contributed by atoms with Crippen LogP contribution in [0.1, 0.15) is 20.8 Å². The van der Waals surface area contributed by atoms with Crippen LogP contribution in [0.25, 0.3) is 0 Å². The number of likely N-dealkylation sites (N-methyl/N-ethyl adjacent to an activating group) is 1. The Hall–Kier alpha value is -2.74. The van der Waals surface area contributed by atoms with E-state index in [1.54, 1.807) is 7.05 Å². The molecule has 0 bridgehead atoms. The van der Waals surface area contributed by atoms with Gasteiger partial charge in [-0.2, -0.15) is 0 Å². The molecule has 0 radical (unpaired) electrons. The second kappa shape index (κ2) is 7.69. The van der Waals surface area contributed by atoms with Crippen molar-refractivity contribution < 1.29 is 19.2 Å². The number of esters is 1. The van der Waals surface area contributed by atoms with Crippen LogP contribution in [0, 0.1) is 17.0 Å². The average molecular weight is 348 g/mol. The van der Waals surface area contributed by atoms with Crippen molar-refractivity contribution in [3.63, 3.8) is 0 Å². The maximum Gasteiger partial charge on any atom is 0.345 e. The number of carbonyl (C=O) groups excluding carboxylic acids is 2. The average Bonchev–Trinajstić information content (AvgIpc) is 3.04. The lowest BCUT2D eigenvalue weighted by atomic mass is 10.1. The maximum atomic E-state index is 12.1. The number of thiophene rings is 1. The Labute approximate surface area is 142 Å². The van der Waals surface area contributed by atoms with Crippen LogP contribution in [0.5, 0.6) is 0 Å². The molecule has 0 saturated heterocycles. The molecule has 2 rings (SSSR count). The predicted molar refractivity (Wildman–Crippen MR) is 88.9 cm³/mol. The fraction of sp³-hybridized carbons (Fsp3) is 0.250. The van der Waals surface area contributed by atoms with Crippen molar-refractivity contribution in [2.24, 2.45) is 0 Å². The molecule has 1 aromatic carbocycles. The third kappa shape index (κ3) is 4.17. The molecular weight excluding hydrogens is 332 g/mol. The van der Waals surface area contributed by atoms with Gasteiger partial charge in [0, 0.05) is 17.5 Å². The Kier molecular flexibility index (Phi) is 5.64. The molecule has 0 fully saturated rings. The summed E-state index contributed by atoms with van der Waals surface area (Å²) in [5.41, 5.74) is -0.105. The smallest absolute Gasteiger partial charge is 0.345 e. The zero-order valence-corrected chi connectivity index (χ0v) is 14.0. The van der Waals surface area contributed by atoms with Crippen molar-refractivity contribution in [3.05, 3.63) is 61.8 Å². The van der Waals surface area contributed by atoms with Gasteiger partial charge in [-0.25, -0.2) is 4.79 Å². The van der Waals surface area contributed by atoms with E-state index in [1.165, 1.54) is 41.4 Å². The molecule has 0 aliphatic rings. The van der Waals surface area contributed by atoms with Gasteiger partial charge in [-0.1, -0.05) is 18.2 Å². The highest BCUT2D eigenvalue weighted by atomic mass is 32.1. The van der Waals surface area contributed by atoms with Crippen LogP contribution in [0.15, 0.2) is 35.7 Å². The summed E-state index contributed by atoms with van der Waals surface area (Å²) in [6.45, 7) is 1.49. The summed E-state index contributed by atoms with van der Waals surface area (Å²) in [4.78, 5) is 37.0. The van der Waals surface area contributed by atoms with Crippen molar-refractivity contribution in [1.82, 2.24) is 4.90 Å². The lowest BCUT2D eigenvalue weighted by Crippen LogP contribution is -2.30. The number of nitrogens with zero attached hydrogens (tertiary/aromatic N) is 2. The summed E-state index contributed by atoms with van der Waals surface area (Å²) in [6, 6.07) is 8.16. The molecule has 2 aromatic rings. The van der Waals surface area contributed by atoms with Crippen LogP contribution in [-0.2, 0) is 16.1 Å². The number of carbonyl (C=O) groups is 2. The van der Waals surface area contributed by atoms with E-state index in [4.69, 9.17) is 4.74 Å². The number of hydrogen-bond donors (Lipinski definition) is 0. The van der Waals surface area contributed by atoms with E-state index in [0.717, 1.165) is 4.88 Å². The molecule has 0 aliphatic heterocycles. The Balaban J connectivity index is 1.99. The van der Waals surface area contributed by atoms with Crippen LogP contribution in [-0.4, -0.2) is 35.4 Å². The van der Waals surface area contributed by atoms with E-state index in [9.17, 15) is 19.7 Å². The first-order valence-electron chi connectivity index (χ1n) is 7.07. The molecule has 0 spiro atoms. The van der Waals surface area contributed by atoms with Crippen LogP contribution >= 0.6 is 11.3 Å². The zero-order valence-electron chi connectivity index (χ0n) is 13.2. The number of hydrogen-bond acceptors (Lipinski definition) is 6. The third-order valence-corrected chi connectivity index (χ3v) is 4.23. The van der Waals surface area contributed by atoms with Crippen molar-refractivity contribution in [1.29, 1.82) is 0 Å². The molecule has 1 amide bonds. The van der Waals surface area contributed by atoms with Gasteiger partial charge >= 0.3 is 5.97 Å². The predicted octanol–water partition coefficient (Wildman–Crippen LogP) is 2.78. The van der Waals surface area contributed by atoms with Crippen molar-refractivity contribution in [2.45, 2.75) is 13.5 Å². The summed E-state index contributed by atoms with van der Waals surface area (Å²) < 4.78 is 4.94. The second-order valence-electron chi connectivity index (χ2n) is 5.13. The normalized spacial score (nSPS) is 10.2. The third-order valence-electron chi connectivity index (χ3n) is 3.37. The van der Waals surface area contributed by atoms with Gasteiger partial charge in [0.2, 0.25) is 0 Å². The van der Waals surface area contributed by atoms with Gasteiger partial charge in [0.15, 0.2) is 6.61 Å². The summed E-state index contributed by atoms with van der Waals surface area (Å²) in [6.07, 6.45) is 0. The lowest BCUT2D eigenvalue weighted by molar-refractivity contribution is -0.385. The first-order chi connectivity index (χ1) is 11.4. The first kappa shape index (κ1) is 17.6. The number of rotatable bonds is 6. The first-order valence-corrected chi connectivity index (χ1v) is 7.95. The minimum Gasteiger partial charge on any atom is -0.452 e. The fourth-order valence-corrected chi connectivity index (χ4v) is 2.86. The van der Waals surface area contributed by atoms with Crippen molar-refractivity contribution in [2.75, 3.05) is 13.7 Å². The van der Waals surface area contributed by atoms with Crippen molar-refractivity contribution >= 4 is 28.9 Å². The van der Waals surface area contributed by atoms with Gasteiger partial charge in [0.25, 0.3) is 11.6 Å². The lowest BCUT2D eigenvalue weighted by Gasteiger charge is -2.16. The van der Waals surface area contributed by atoms with Gasteiger partial charge in [0.05, 0.1) is 11.5 Å². The molecule has 0 unspecified atom stereocenters. The molecule has 0 saturated carbocycles. The highest BCUT2D eigenvalue weighted by molar-refractivity contribution is 7.09. The van der Waals surface area contributed by atoms with Gasteiger partial charge in [-0.15, -0.1) is 11.3 Å². The van der Waals surface area contributed by atoms with Crippen LogP contribution in [0.3, 0.4) is 0 Å². The summed E-state index contributed by atoms with van der Waals surface area (Å²) in [7, 11) is 1.60. The van der Waals surface area contributed by atoms with Gasteiger partial charge in [-0.3, -0.25) is 14.9 Å². The fourth-order valence-electron chi connectivity index (χ4n) is 2.11. The largest absolute Gasteiger partial charge is 0.452 e. The Bertz CT molecular complexity index is 758. The SMILES string of the molecule is Cc1cccc(C(=O)OCC(=O)N(C)Cc2cccs2)c1[N+](=O)[O-]. The Morgan fingerprint density at radius 3 is 2.67 bits per heavy atom. The molecule has 126 valence electrons. The van der Waals surface area contributed by atoms with Crippen LogP contribution < -0.4 is 0 Å². The molecule has 8 heteroatoms. The number of amides is 1. The molecule has 0 atom stereocenters. The van der Waals surface area contributed by atoms with Gasteiger partial charge < -0.3 is 9.64 Å². The second-order valence-corrected chi connectivity index (χ2v) is 6.17. The van der Waals surface area contributed by atoms with Crippen LogP contribution in [0.2, 0.25) is 0 Å². The molecular formula is C16H16N2O5S. The number of benzene rings is 1. The summed E-state index contributed by atoms with van der Waals surface area (Å²) in [5, 5.41) is 13.0. The van der Waals surface area contributed by atoms with E-state index >= 15 is 0 Å². The van der Waals surface area contributed by atoms with Crippen LogP contribution in [0.4, 0.5) is 5.69 Å². The van der Waals surface area contributed by atoms with E-state index in [0.29, 0.717) is 12.1 Å². The number of ether oxygens (including phenoxy) is 1. The quantitative estimate of drug-likeness (QED) is 0.455. The minimum absolute atomic E-state index is 0.159. The number of nitro benzene ring substituents is 1. The molecule has 1 heterocycles. The van der Waals surface area contributed by atoms with Gasteiger partial charge in [0.1, 0.15) is 5.56 Å². The maximum absolute atomic E-state index is 12.1. The Morgan fingerprint density at radius 1 is 1.29 bits per heavy atom. The monoisotopic (exact) mass is 348 g/mol. The highest BCUT2D eigenvalue weighted by Crippen LogP contribution is 2.23. The zero-order chi connectivity index (χ0) is 17.7. The van der Waals surface area contributed by atoms with E-state index < -0.39 is 17.5 Å². The molecule has 24 heavy (non-hydrogen) atoms. The number of nitro groups is 1. The minimum atomic E-state index is -0.886. The topological polar surface area (TPSA) is 89.8 Å². The van der Waals surface area contributed by atoms with Crippen molar-refractivity contribution in [3.8, 4) is 0 Å². The van der Waals surface area contributed by atoms with E-state index in [2.05, 4.69) is 0 Å². The number of aryl methyl sites for hydroxylation is 1. The Morgan fingerprint density at radius 2 is 2.04 bits per heavy atom. The summed E-state index contributed by atoms with van der Waals surface area (Å²) >= 11 is 1.52. The molecule has 0 N–H and O–H groups in total. The standard InChI is InChI=1S/C16H16N2O5S/c1-11-5-3-7-13(15(11)18(21)22)16(20)23-10-14(19)17(2)9-12-6-4-8-24-12/h3-8H,9-10H2,1-2H3. The molecule has 1 aromatic heterocycles. The van der Waals surface area contributed by atoms with E-state index in [-0.39, 0.29) is 17.2 Å². The molecule has 0 aliphatic carbocycles. The molecule has 7 nitrogen and oxygen atoms in total.